The first-order chi connectivity index (χ1) is 12.0. The molecule has 25 heavy (non-hydrogen) atoms. The van der Waals surface area contributed by atoms with E-state index in [0.29, 0.717) is 31.8 Å². The number of rotatable bonds is 6. The monoisotopic (exact) mass is 353 g/mol. The maximum Gasteiger partial charge on any atom is 0.325 e. The molecule has 3 N–H and O–H groups in total. The second-order valence-electron chi connectivity index (χ2n) is 7.33. The van der Waals surface area contributed by atoms with Crippen LogP contribution in [0.1, 0.15) is 51.9 Å². The molecule has 2 aliphatic rings. The molecule has 2 fully saturated rings. The van der Waals surface area contributed by atoms with Gasteiger partial charge >= 0.3 is 5.97 Å². The molecule has 2 aliphatic heterocycles. The lowest BCUT2D eigenvalue weighted by Crippen LogP contribution is -2.45. The summed E-state index contributed by atoms with van der Waals surface area (Å²) in [6, 6.07) is -0.903. The van der Waals surface area contributed by atoms with Gasteiger partial charge in [0, 0.05) is 19.5 Å². The largest absolute Gasteiger partial charge is 0.480 e. The zero-order valence-corrected chi connectivity index (χ0v) is 15.1. The van der Waals surface area contributed by atoms with E-state index in [9.17, 15) is 14.4 Å². The molecule has 2 heterocycles. The fourth-order valence-corrected chi connectivity index (χ4v) is 3.63. The Labute approximate surface area is 149 Å². The van der Waals surface area contributed by atoms with E-state index in [1.807, 2.05) is 4.90 Å². The summed E-state index contributed by atoms with van der Waals surface area (Å²) in [6.45, 7) is 4.63. The topological polar surface area (TPSA) is 98.7 Å². The van der Waals surface area contributed by atoms with Crippen molar-refractivity contribution in [2.45, 2.75) is 57.9 Å². The Balaban J connectivity index is 1.83. The van der Waals surface area contributed by atoms with E-state index in [2.05, 4.69) is 10.6 Å². The van der Waals surface area contributed by atoms with E-state index < -0.39 is 12.0 Å². The smallest absolute Gasteiger partial charge is 0.325 e. The van der Waals surface area contributed by atoms with Crippen LogP contribution in [-0.2, 0) is 14.4 Å². The number of nitrogens with zero attached hydrogens (tertiary/aromatic N) is 1. The van der Waals surface area contributed by atoms with Crippen LogP contribution in [0.15, 0.2) is 0 Å². The number of carboxylic acid groups (broad SMARTS) is 1. The number of likely N-dealkylation sites (tertiary alicyclic amines) is 1. The number of nitrogens with one attached hydrogen (secondary N) is 2. The summed E-state index contributed by atoms with van der Waals surface area (Å²) in [5, 5.41) is 14.8. The Kier molecular flexibility index (Phi) is 7.68. The van der Waals surface area contributed by atoms with E-state index in [1.54, 1.807) is 0 Å². The predicted molar refractivity (Wildman–Crippen MR) is 94.0 cm³/mol. The van der Waals surface area contributed by atoms with E-state index in [4.69, 9.17) is 5.11 Å². The molecule has 142 valence electrons. The van der Waals surface area contributed by atoms with Gasteiger partial charge in [0.05, 0.1) is 5.92 Å². The highest BCUT2D eigenvalue weighted by molar-refractivity contribution is 5.85. The third-order valence-corrected chi connectivity index (χ3v) is 5.35. The highest BCUT2D eigenvalue weighted by Crippen LogP contribution is 2.21. The van der Waals surface area contributed by atoms with Crippen LogP contribution < -0.4 is 10.6 Å². The van der Waals surface area contributed by atoms with Crippen molar-refractivity contribution in [1.82, 2.24) is 15.5 Å². The Hall–Kier alpha value is -1.63. The van der Waals surface area contributed by atoms with Crippen molar-refractivity contribution in [1.29, 1.82) is 0 Å². The van der Waals surface area contributed by atoms with Crippen LogP contribution in [0.3, 0.4) is 0 Å². The Bertz CT molecular complexity index is 477. The van der Waals surface area contributed by atoms with Gasteiger partial charge in [-0.3, -0.25) is 14.4 Å². The normalized spacial score (nSPS) is 23.6. The summed E-state index contributed by atoms with van der Waals surface area (Å²) in [6.07, 6.45) is 6.22. The first kappa shape index (κ1) is 19.7. The van der Waals surface area contributed by atoms with Gasteiger partial charge in [0.1, 0.15) is 6.04 Å². The third-order valence-electron chi connectivity index (χ3n) is 5.35. The van der Waals surface area contributed by atoms with Crippen LogP contribution in [0.2, 0.25) is 0 Å². The molecule has 0 aromatic rings. The Morgan fingerprint density at radius 3 is 2.60 bits per heavy atom. The molecule has 0 saturated carbocycles. The van der Waals surface area contributed by atoms with Gasteiger partial charge in [0.15, 0.2) is 0 Å². The summed E-state index contributed by atoms with van der Waals surface area (Å²) < 4.78 is 0. The van der Waals surface area contributed by atoms with E-state index >= 15 is 0 Å². The minimum Gasteiger partial charge on any atom is -0.480 e. The fraction of sp³-hybridized carbons (Fsp3) is 0.833. The number of aliphatic carboxylic acids is 1. The van der Waals surface area contributed by atoms with Gasteiger partial charge in [0.2, 0.25) is 11.8 Å². The summed E-state index contributed by atoms with van der Waals surface area (Å²) in [5.41, 5.74) is 0. The summed E-state index contributed by atoms with van der Waals surface area (Å²) in [5.74, 6) is -0.867. The quantitative estimate of drug-likeness (QED) is 0.661. The first-order valence-electron chi connectivity index (χ1n) is 9.49. The molecule has 0 aromatic carbocycles. The molecule has 0 bridgehead atoms. The van der Waals surface area contributed by atoms with Crippen molar-refractivity contribution >= 4 is 17.8 Å². The van der Waals surface area contributed by atoms with Gasteiger partial charge in [-0.05, 0) is 58.0 Å². The zero-order valence-electron chi connectivity index (χ0n) is 15.1. The predicted octanol–water partition coefficient (Wildman–Crippen LogP) is 0.984. The maximum atomic E-state index is 12.6. The molecule has 0 spiro atoms. The van der Waals surface area contributed by atoms with Gasteiger partial charge in [-0.15, -0.1) is 0 Å². The Morgan fingerprint density at radius 2 is 1.92 bits per heavy atom. The molecule has 0 radical (unpaired) electrons. The van der Waals surface area contributed by atoms with Gasteiger partial charge in [0.25, 0.3) is 0 Å². The van der Waals surface area contributed by atoms with Crippen LogP contribution in [0.25, 0.3) is 0 Å². The average Bonchev–Trinajstić information content (AvgIpc) is 2.86. The zero-order chi connectivity index (χ0) is 18.2. The summed E-state index contributed by atoms with van der Waals surface area (Å²) in [4.78, 5) is 37.6. The van der Waals surface area contributed by atoms with Crippen LogP contribution in [0, 0.1) is 11.8 Å². The van der Waals surface area contributed by atoms with Crippen LogP contribution in [-0.4, -0.2) is 60.0 Å². The fourth-order valence-electron chi connectivity index (χ4n) is 3.63. The summed E-state index contributed by atoms with van der Waals surface area (Å²) in [7, 11) is 0. The van der Waals surface area contributed by atoms with Crippen LogP contribution in [0.4, 0.5) is 0 Å². The lowest BCUT2D eigenvalue weighted by atomic mass is 9.93. The van der Waals surface area contributed by atoms with Crippen molar-refractivity contribution in [3.8, 4) is 0 Å². The average molecular weight is 353 g/mol. The number of hydrogen-bond donors (Lipinski definition) is 3. The molecule has 2 saturated heterocycles. The number of carbonyl (C=O) groups is 3. The Morgan fingerprint density at radius 1 is 1.20 bits per heavy atom. The summed E-state index contributed by atoms with van der Waals surface area (Å²) >= 11 is 0. The van der Waals surface area contributed by atoms with E-state index in [0.717, 1.165) is 45.2 Å². The number of piperidine rings is 1. The molecule has 1 unspecified atom stereocenters. The molecule has 7 heteroatoms. The molecule has 2 amide bonds. The van der Waals surface area contributed by atoms with Gasteiger partial charge in [-0.25, -0.2) is 0 Å². The maximum absolute atomic E-state index is 12.6. The van der Waals surface area contributed by atoms with Crippen molar-refractivity contribution < 1.29 is 19.5 Å². The second kappa shape index (κ2) is 9.75. The van der Waals surface area contributed by atoms with Gasteiger partial charge < -0.3 is 20.6 Å². The number of hydrogen-bond acceptors (Lipinski definition) is 4. The number of carbonyl (C=O) groups excluding carboxylic acids is 2. The van der Waals surface area contributed by atoms with Crippen LogP contribution in [0.5, 0.6) is 0 Å². The SMILES string of the molecule is C[C@H](NC(=O)C1CCCCN(C(=O)CCC2CCNCC2)C1)C(=O)O. The third kappa shape index (κ3) is 6.30. The van der Waals surface area contributed by atoms with Gasteiger partial charge in [-0.1, -0.05) is 6.42 Å². The first-order valence-corrected chi connectivity index (χ1v) is 9.49. The van der Waals surface area contributed by atoms with Crippen molar-refractivity contribution in [2.24, 2.45) is 11.8 Å². The number of amides is 2. The van der Waals surface area contributed by atoms with Gasteiger partial charge in [-0.2, -0.15) is 0 Å². The minimum atomic E-state index is -1.04. The second-order valence-corrected chi connectivity index (χ2v) is 7.33. The number of carboxylic acids is 1. The van der Waals surface area contributed by atoms with E-state index in [1.165, 1.54) is 6.92 Å². The molecular formula is C18H31N3O4. The van der Waals surface area contributed by atoms with Crippen molar-refractivity contribution in [2.75, 3.05) is 26.2 Å². The highest BCUT2D eigenvalue weighted by atomic mass is 16.4. The molecular weight excluding hydrogens is 322 g/mol. The van der Waals surface area contributed by atoms with Crippen LogP contribution >= 0.6 is 0 Å². The standard InChI is InChI=1S/C18H31N3O4/c1-13(18(24)25)20-17(23)15-4-2-3-11-21(12-15)16(22)6-5-14-7-9-19-10-8-14/h13-15,19H,2-12H2,1H3,(H,20,23)(H,24,25)/t13-,15?/m0/s1. The van der Waals surface area contributed by atoms with E-state index in [-0.39, 0.29) is 17.7 Å². The molecule has 0 aromatic heterocycles. The molecule has 7 nitrogen and oxygen atoms in total. The highest BCUT2D eigenvalue weighted by Gasteiger charge is 2.28. The molecule has 2 rings (SSSR count). The minimum absolute atomic E-state index is 0.129. The lowest BCUT2D eigenvalue weighted by Gasteiger charge is -2.26. The molecule has 0 aliphatic carbocycles. The lowest BCUT2D eigenvalue weighted by molar-refractivity contribution is -0.142. The molecule has 2 atom stereocenters. The van der Waals surface area contributed by atoms with Crippen molar-refractivity contribution in [3.05, 3.63) is 0 Å². The van der Waals surface area contributed by atoms with Crippen molar-refractivity contribution in [3.63, 3.8) is 0 Å².